The van der Waals surface area contributed by atoms with Crippen LogP contribution in [0.4, 0.5) is 0 Å². The number of fused-ring (bicyclic) bond motifs is 2. The molecule has 548 valence electrons. The maximum Gasteiger partial charge on any atom is 0.527 e. The van der Waals surface area contributed by atoms with Crippen LogP contribution < -0.4 is 29.6 Å². The molecule has 0 aromatic heterocycles. The highest BCUT2D eigenvalue weighted by molar-refractivity contribution is 6.60. The molecule has 6 amide bonds. The second kappa shape index (κ2) is 31.2. The number of ether oxygens (including phenoxy) is 6. The van der Waals surface area contributed by atoms with Gasteiger partial charge in [-0.1, -0.05) is 52.0 Å². The maximum absolute atomic E-state index is 16.4. The maximum atomic E-state index is 16.4. The number of hydrogen-bond donors (Lipinski definition) is 2. The Balaban J connectivity index is 1.25. The van der Waals surface area contributed by atoms with E-state index >= 15 is 28.8 Å². The van der Waals surface area contributed by atoms with Crippen molar-refractivity contribution in [2.45, 2.75) is 108 Å². The third kappa shape index (κ3) is 15.2. The Labute approximate surface area is 608 Å². The Kier molecular flexibility index (Phi) is 22.8. The van der Waals surface area contributed by atoms with E-state index in [-0.39, 0.29) is 119 Å². The molecule has 0 bridgehead atoms. The number of nitrogens with zero attached hydrogens (tertiary/aromatic N) is 2. The van der Waals surface area contributed by atoms with Crippen molar-refractivity contribution >= 4 is 96.1 Å². The van der Waals surface area contributed by atoms with Crippen molar-refractivity contribution in [1.29, 1.82) is 0 Å². The second-order valence-corrected chi connectivity index (χ2v) is 33.7. The minimum absolute atomic E-state index is 0.00932. The summed E-state index contributed by atoms with van der Waals surface area (Å²) >= 11 is 0. The molecular weight excluding hydrogens is 1360 g/mol. The second-order valence-electron chi connectivity index (χ2n) is 27.9. The van der Waals surface area contributed by atoms with Crippen LogP contribution >= 0.6 is 0 Å². The Morgan fingerprint density at radius 3 is 0.788 bits per heavy atom. The van der Waals surface area contributed by atoms with Crippen molar-refractivity contribution in [3.63, 3.8) is 0 Å². The first-order valence-electron chi connectivity index (χ1n) is 34.8. The number of carbonyl (C=O) groups is 6. The first-order chi connectivity index (χ1) is 49.6. The van der Waals surface area contributed by atoms with Crippen molar-refractivity contribution in [2.75, 3.05) is 81.4 Å². The minimum atomic E-state index is -3.15. The number of nitrogens with one attached hydrogen (secondary N) is 2. The summed E-state index contributed by atoms with van der Waals surface area (Å²) in [4.78, 5) is 97.5. The average molecular weight is 1450 g/mol. The lowest BCUT2D eigenvalue weighted by Gasteiger charge is -2.36. The van der Waals surface area contributed by atoms with Crippen LogP contribution in [0.3, 0.4) is 0 Å². The quantitative estimate of drug-likeness (QED) is 0.0131. The number of carbonyl (C=O) groups excluding carboxylic acids is 6. The van der Waals surface area contributed by atoms with Crippen molar-refractivity contribution in [2.24, 2.45) is 11.8 Å². The number of hydrogen-bond acceptors (Lipinski definition) is 18. The Morgan fingerprint density at radius 2 is 0.577 bits per heavy atom. The molecule has 0 radical (unpaired) electrons. The highest BCUT2D eigenvalue weighted by atomic mass is 28.4. The van der Waals surface area contributed by atoms with Gasteiger partial charge in [0.1, 0.15) is 70.5 Å². The molecule has 22 nitrogen and oxygen atoms in total. The largest absolute Gasteiger partial charge is 0.527 e. The Morgan fingerprint density at radius 1 is 0.346 bits per heavy atom. The van der Waals surface area contributed by atoms with E-state index < -0.39 is 65.1 Å². The lowest BCUT2D eigenvalue weighted by Crippen LogP contribution is -2.54. The van der Waals surface area contributed by atoms with E-state index in [4.69, 9.17) is 55.0 Å². The normalized spacial score (nSPS) is 13.9. The Bertz CT molecular complexity index is 4220. The fourth-order valence-electron chi connectivity index (χ4n) is 14.4. The fraction of sp³-hybridized carbons (Fsp3) is 0.375. The summed E-state index contributed by atoms with van der Waals surface area (Å²) in [7, 11) is 2.50. The predicted octanol–water partition coefficient (Wildman–Crippen LogP) is 14.5. The number of amides is 6. The molecule has 0 spiro atoms. The van der Waals surface area contributed by atoms with E-state index in [2.05, 4.69) is 10.6 Å². The molecule has 0 fully saturated rings. The van der Waals surface area contributed by atoms with Crippen molar-refractivity contribution in [3.8, 4) is 46.0 Å². The zero-order valence-corrected chi connectivity index (χ0v) is 64.4. The van der Waals surface area contributed by atoms with Gasteiger partial charge in [0.05, 0.1) is 35.5 Å². The summed E-state index contributed by atoms with van der Waals surface area (Å²) in [6.45, 7) is 23.1. The minimum Gasteiger partial charge on any atom is -0.457 e. The van der Waals surface area contributed by atoms with Crippen molar-refractivity contribution in [3.05, 3.63) is 164 Å². The third-order valence-electron chi connectivity index (χ3n) is 18.8. The van der Waals surface area contributed by atoms with Gasteiger partial charge >= 0.3 is 17.6 Å². The summed E-state index contributed by atoms with van der Waals surface area (Å²) in [5, 5.41) is 8.05. The van der Waals surface area contributed by atoms with E-state index in [1.165, 1.54) is 42.7 Å². The van der Waals surface area contributed by atoms with E-state index in [0.29, 0.717) is 55.3 Å². The van der Waals surface area contributed by atoms with Crippen LogP contribution in [-0.4, -0.2) is 156 Å². The summed E-state index contributed by atoms with van der Waals surface area (Å²) in [6.07, 6.45) is 0.113. The molecule has 0 aliphatic carbocycles. The number of imide groups is 2. The molecule has 104 heavy (non-hydrogen) atoms. The fourth-order valence-corrected chi connectivity index (χ4v) is 16.9. The lowest BCUT2D eigenvalue weighted by atomic mass is 9.80. The van der Waals surface area contributed by atoms with Gasteiger partial charge in [0.15, 0.2) is 0 Å². The van der Waals surface area contributed by atoms with Gasteiger partial charge in [0.25, 0.3) is 23.6 Å². The highest BCUT2D eigenvalue weighted by Crippen LogP contribution is 2.58. The van der Waals surface area contributed by atoms with Crippen LogP contribution in [0.15, 0.2) is 97.1 Å². The van der Waals surface area contributed by atoms with Crippen LogP contribution in [0.5, 0.6) is 46.0 Å². The van der Waals surface area contributed by atoms with E-state index in [1.54, 1.807) is 24.3 Å². The van der Waals surface area contributed by atoms with Crippen molar-refractivity contribution < 1.29 is 83.7 Å². The Hall–Kier alpha value is -9.19. The smallest absolute Gasteiger partial charge is 0.457 e. The molecule has 9 aromatic rings. The number of benzene rings is 9. The molecule has 2 unspecified atom stereocenters. The van der Waals surface area contributed by atoms with Crippen molar-refractivity contribution in [1.82, 2.24) is 20.4 Å². The van der Waals surface area contributed by atoms with Gasteiger partial charge in [-0.25, -0.2) is 0 Å². The summed E-state index contributed by atoms with van der Waals surface area (Å²) in [5.41, 5.74) is 6.95. The molecular formula is C80H92N4O18Si2. The van der Waals surface area contributed by atoms with Gasteiger partial charge in [-0.3, -0.25) is 38.6 Å². The first kappa shape index (κ1) is 76.0. The lowest BCUT2D eigenvalue weighted by molar-refractivity contribution is -0.126. The molecule has 0 saturated carbocycles. The standard InChI is InChI=1S/C80H92N4O18Si2/c1-43(2)23-61(75(85)81-19-21-97-41-103(91-13,92-14)93-15)83-77(87)57-37-63(99-53-29-45(5)25-46(6)30-53)69-71-65(101-55-33-49(9)27-50(10)34-55)39-59-68-60(80(90)84(79(59)89)62(24-44(3)4)76(86)82-20-22-98-42-104(94-16,95-17)96-18)40-66(102-56-35-51(11)28-52(12)36-56)72(74(68)71)70-64(38-58(78(83)88)67(57)73(69)70)100-54-31-47(7)26-48(8)32-54/h25-40,43-44,61-62H,19-24,41-42H2,1-18H3,(H,81,85)(H,82,86). The predicted molar refractivity (Wildman–Crippen MR) is 400 cm³/mol. The van der Waals surface area contributed by atoms with Crippen LogP contribution in [0.1, 0.15) is 126 Å². The van der Waals surface area contributed by atoms with Gasteiger partial charge < -0.3 is 65.6 Å². The van der Waals surface area contributed by atoms with Crippen LogP contribution in [0.2, 0.25) is 0 Å². The molecule has 2 aliphatic rings. The van der Waals surface area contributed by atoms with Gasteiger partial charge in [-0.2, -0.15) is 0 Å². The highest BCUT2D eigenvalue weighted by Gasteiger charge is 2.47. The molecule has 2 heterocycles. The summed E-state index contributed by atoms with van der Waals surface area (Å²) < 4.78 is 74.4. The number of aryl methyl sites for hydroxylation is 8. The molecule has 24 heteroatoms. The van der Waals surface area contributed by atoms with E-state index in [1.807, 2.05) is 156 Å². The third-order valence-corrected chi connectivity index (χ3v) is 23.6. The monoisotopic (exact) mass is 1450 g/mol. The van der Waals surface area contributed by atoms with Gasteiger partial charge in [-0.15, -0.1) is 0 Å². The van der Waals surface area contributed by atoms with E-state index in [9.17, 15) is 0 Å². The molecule has 9 aromatic carbocycles. The number of rotatable bonds is 32. The zero-order valence-electron chi connectivity index (χ0n) is 62.4. The van der Waals surface area contributed by atoms with Crippen LogP contribution in [0, 0.1) is 67.2 Å². The first-order valence-corrected chi connectivity index (χ1v) is 38.6. The van der Waals surface area contributed by atoms with Crippen LogP contribution in [-0.2, 0) is 45.6 Å². The summed E-state index contributed by atoms with van der Waals surface area (Å²) in [6, 6.07) is 26.6. The van der Waals surface area contributed by atoms with E-state index in [0.717, 1.165) is 54.3 Å². The zero-order chi connectivity index (χ0) is 75.0. The van der Waals surface area contributed by atoms with Gasteiger partial charge in [0.2, 0.25) is 11.8 Å². The topological polar surface area (TPSA) is 244 Å². The average Bonchev–Trinajstić information content (AvgIpc) is 0.671. The molecule has 0 saturated heterocycles. The molecule has 2 N–H and O–H groups in total. The van der Waals surface area contributed by atoms with Gasteiger partial charge in [-0.05, 0) is 197 Å². The van der Waals surface area contributed by atoms with Crippen LogP contribution in [0.25, 0.3) is 43.1 Å². The summed E-state index contributed by atoms with van der Waals surface area (Å²) in [5.74, 6) is -2.87. The SMILES string of the molecule is CO[Si](COCCNC(=O)C(CC(C)C)N1C(=O)c2cc(Oc3cc(C)cc(C)c3)c3c4c(Oc5cc(C)cc(C)c5)cc5c6c(cc(Oc7cc(C)cc(C)c7)c(c7c(Oc8cc(C)cc(C)c8)cc(c2c37)C1=O)c64)C(=O)N(C(CC(C)C)C(=O)NCCOC[Si](OC)(OC)OC)C5=O)(OC)OC. The molecule has 2 aliphatic heterocycles. The molecule has 2 atom stereocenters. The molecule has 11 rings (SSSR count). The van der Waals surface area contributed by atoms with Gasteiger partial charge in [0, 0.05) is 98.8 Å².